The van der Waals surface area contributed by atoms with E-state index in [2.05, 4.69) is 26.0 Å². The van der Waals surface area contributed by atoms with Gasteiger partial charge in [0.2, 0.25) is 0 Å². The zero-order valence-corrected chi connectivity index (χ0v) is 12.1. The normalized spacial score (nSPS) is 14.4. The average molecular weight is 310 g/mol. The summed E-state index contributed by atoms with van der Waals surface area (Å²) >= 11 is 3.40. The molecule has 1 atom stereocenters. The Bertz CT molecular complexity index is 519. The summed E-state index contributed by atoms with van der Waals surface area (Å²) in [6.45, 7) is 1.82. The molecule has 4 nitrogen and oxygen atoms in total. The zero-order chi connectivity index (χ0) is 13.2. The molecule has 96 valence electrons. The number of rotatable bonds is 4. The van der Waals surface area contributed by atoms with Crippen LogP contribution in [0.15, 0.2) is 35.1 Å². The Balaban J connectivity index is 2.07. The summed E-state index contributed by atoms with van der Waals surface area (Å²) < 4.78 is 2.73. The van der Waals surface area contributed by atoms with Crippen LogP contribution in [-0.2, 0) is 19.9 Å². The fourth-order valence-corrected chi connectivity index (χ4v) is 2.19. The molecule has 1 unspecified atom stereocenters. The topological polar surface area (TPSA) is 50.9 Å². The van der Waals surface area contributed by atoms with E-state index in [1.807, 2.05) is 38.2 Å². The lowest BCUT2D eigenvalue weighted by molar-refractivity contribution is 0.0578. The first-order valence-corrected chi connectivity index (χ1v) is 6.55. The molecule has 0 radical (unpaired) electrons. The van der Waals surface area contributed by atoms with Crippen molar-refractivity contribution in [2.75, 3.05) is 0 Å². The SMILES string of the molecule is Cn1ncnc1CC(C)(O)Cc1ccc(Br)cc1. The molecule has 0 fully saturated rings. The van der Waals surface area contributed by atoms with Crippen LogP contribution in [0.3, 0.4) is 0 Å². The lowest BCUT2D eigenvalue weighted by atomic mass is 9.93. The predicted octanol–water partition coefficient (Wildman–Crippen LogP) is 2.11. The smallest absolute Gasteiger partial charge is 0.138 e. The lowest BCUT2D eigenvalue weighted by Gasteiger charge is -2.22. The maximum absolute atomic E-state index is 10.4. The molecule has 0 amide bonds. The van der Waals surface area contributed by atoms with Gasteiger partial charge in [0.25, 0.3) is 0 Å². The highest BCUT2D eigenvalue weighted by Gasteiger charge is 2.23. The molecular formula is C13H16BrN3O. The molecule has 1 aromatic carbocycles. The van der Waals surface area contributed by atoms with Gasteiger partial charge in [0, 0.05) is 24.4 Å². The number of aryl methyl sites for hydroxylation is 1. The van der Waals surface area contributed by atoms with E-state index in [9.17, 15) is 5.11 Å². The number of hydrogen-bond acceptors (Lipinski definition) is 3. The van der Waals surface area contributed by atoms with Gasteiger partial charge in [0.05, 0.1) is 5.60 Å². The van der Waals surface area contributed by atoms with Gasteiger partial charge in [-0.05, 0) is 24.6 Å². The molecule has 1 aromatic heterocycles. The molecule has 0 saturated heterocycles. The van der Waals surface area contributed by atoms with E-state index in [-0.39, 0.29) is 0 Å². The van der Waals surface area contributed by atoms with E-state index >= 15 is 0 Å². The Morgan fingerprint density at radius 3 is 2.50 bits per heavy atom. The van der Waals surface area contributed by atoms with E-state index in [1.165, 1.54) is 6.33 Å². The van der Waals surface area contributed by atoms with Gasteiger partial charge in [0.1, 0.15) is 12.2 Å². The fourth-order valence-electron chi connectivity index (χ4n) is 1.93. The van der Waals surface area contributed by atoms with Gasteiger partial charge in [-0.2, -0.15) is 5.10 Å². The van der Waals surface area contributed by atoms with Gasteiger partial charge in [-0.15, -0.1) is 0 Å². The Hall–Kier alpha value is -1.20. The summed E-state index contributed by atoms with van der Waals surface area (Å²) in [6, 6.07) is 7.98. The van der Waals surface area contributed by atoms with Crippen molar-refractivity contribution in [1.82, 2.24) is 14.8 Å². The minimum absolute atomic E-state index is 0.486. The van der Waals surface area contributed by atoms with E-state index in [0.717, 1.165) is 15.9 Å². The maximum Gasteiger partial charge on any atom is 0.138 e. The first-order valence-electron chi connectivity index (χ1n) is 5.76. The van der Waals surface area contributed by atoms with Crippen LogP contribution in [0.25, 0.3) is 0 Å². The molecule has 2 rings (SSSR count). The summed E-state index contributed by atoms with van der Waals surface area (Å²) in [6.07, 6.45) is 2.58. The van der Waals surface area contributed by atoms with Crippen LogP contribution in [0.5, 0.6) is 0 Å². The van der Waals surface area contributed by atoms with Crippen LogP contribution < -0.4 is 0 Å². The van der Waals surface area contributed by atoms with Gasteiger partial charge in [-0.3, -0.25) is 4.68 Å². The average Bonchev–Trinajstić information content (AvgIpc) is 2.67. The second-order valence-electron chi connectivity index (χ2n) is 4.78. The second-order valence-corrected chi connectivity index (χ2v) is 5.69. The van der Waals surface area contributed by atoms with Crippen molar-refractivity contribution in [1.29, 1.82) is 0 Å². The first kappa shape index (κ1) is 13.2. The lowest BCUT2D eigenvalue weighted by Crippen LogP contribution is -2.31. The van der Waals surface area contributed by atoms with Crippen LogP contribution in [0, 0.1) is 0 Å². The minimum atomic E-state index is -0.825. The highest BCUT2D eigenvalue weighted by atomic mass is 79.9. The van der Waals surface area contributed by atoms with Crippen LogP contribution in [0.4, 0.5) is 0 Å². The summed E-state index contributed by atoms with van der Waals surface area (Å²) in [7, 11) is 1.83. The molecule has 0 aliphatic carbocycles. The summed E-state index contributed by atoms with van der Waals surface area (Å²) in [5.74, 6) is 0.789. The highest BCUT2D eigenvalue weighted by molar-refractivity contribution is 9.10. The van der Waals surface area contributed by atoms with Gasteiger partial charge in [0.15, 0.2) is 0 Å². The Kier molecular flexibility index (Phi) is 3.82. The summed E-state index contributed by atoms with van der Waals surface area (Å²) in [4.78, 5) is 4.14. The van der Waals surface area contributed by atoms with Crippen molar-refractivity contribution in [3.05, 3.63) is 46.5 Å². The Morgan fingerprint density at radius 2 is 1.94 bits per heavy atom. The van der Waals surface area contributed by atoms with Crippen LogP contribution in [0.2, 0.25) is 0 Å². The third kappa shape index (κ3) is 3.40. The molecule has 5 heteroatoms. The Morgan fingerprint density at radius 1 is 1.28 bits per heavy atom. The van der Waals surface area contributed by atoms with Crippen molar-refractivity contribution in [3.63, 3.8) is 0 Å². The molecular weight excluding hydrogens is 294 g/mol. The molecule has 0 spiro atoms. The number of halogens is 1. The molecule has 0 saturated carbocycles. The third-order valence-electron chi connectivity index (χ3n) is 2.84. The van der Waals surface area contributed by atoms with Crippen molar-refractivity contribution in [2.24, 2.45) is 7.05 Å². The van der Waals surface area contributed by atoms with Crippen LogP contribution >= 0.6 is 15.9 Å². The monoisotopic (exact) mass is 309 g/mol. The summed E-state index contributed by atoms with van der Waals surface area (Å²) in [5.41, 5.74) is 0.277. The molecule has 0 aliphatic rings. The molecule has 1 N–H and O–H groups in total. The standard InChI is InChI=1S/C13H16BrN3O/c1-13(18,8-12-15-9-16-17(12)2)7-10-3-5-11(14)6-4-10/h3-6,9,18H,7-8H2,1-2H3. The van der Waals surface area contributed by atoms with E-state index in [0.29, 0.717) is 12.8 Å². The van der Waals surface area contributed by atoms with Gasteiger partial charge >= 0.3 is 0 Å². The predicted molar refractivity (Wildman–Crippen MR) is 73.2 cm³/mol. The maximum atomic E-state index is 10.4. The molecule has 1 heterocycles. The van der Waals surface area contributed by atoms with Crippen molar-refractivity contribution < 1.29 is 5.11 Å². The molecule has 18 heavy (non-hydrogen) atoms. The number of nitrogens with zero attached hydrogens (tertiary/aromatic N) is 3. The summed E-state index contributed by atoms with van der Waals surface area (Å²) in [5, 5.41) is 14.4. The zero-order valence-electron chi connectivity index (χ0n) is 10.5. The minimum Gasteiger partial charge on any atom is -0.389 e. The number of hydrogen-bond donors (Lipinski definition) is 1. The van der Waals surface area contributed by atoms with Gasteiger partial charge in [-0.1, -0.05) is 28.1 Å². The van der Waals surface area contributed by atoms with E-state index in [1.54, 1.807) is 4.68 Å². The molecule has 0 bridgehead atoms. The second kappa shape index (κ2) is 5.20. The number of aromatic nitrogens is 3. The molecule has 2 aromatic rings. The van der Waals surface area contributed by atoms with Crippen LogP contribution in [-0.4, -0.2) is 25.5 Å². The van der Waals surface area contributed by atoms with Gasteiger partial charge < -0.3 is 5.11 Å². The van der Waals surface area contributed by atoms with E-state index < -0.39 is 5.60 Å². The van der Waals surface area contributed by atoms with Crippen LogP contribution in [0.1, 0.15) is 18.3 Å². The fraction of sp³-hybridized carbons (Fsp3) is 0.385. The Labute approximate surface area is 115 Å². The first-order chi connectivity index (χ1) is 8.46. The quantitative estimate of drug-likeness (QED) is 0.941. The third-order valence-corrected chi connectivity index (χ3v) is 3.37. The van der Waals surface area contributed by atoms with Crippen molar-refractivity contribution >= 4 is 15.9 Å². The molecule has 0 aliphatic heterocycles. The van der Waals surface area contributed by atoms with Crippen molar-refractivity contribution in [3.8, 4) is 0 Å². The van der Waals surface area contributed by atoms with Gasteiger partial charge in [-0.25, -0.2) is 4.98 Å². The van der Waals surface area contributed by atoms with E-state index in [4.69, 9.17) is 0 Å². The van der Waals surface area contributed by atoms with Crippen molar-refractivity contribution in [2.45, 2.75) is 25.4 Å². The largest absolute Gasteiger partial charge is 0.389 e. The number of aliphatic hydroxyl groups is 1. The number of benzene rings is 1. The highest BCUT2D eigenvalue weighted by Crippen LogP contribution is 2.19.